The molecule has 0 unspecified atom stereocenters. The smallest absolute Gasteiger partial charge is 0.343 e. The van der Waals surface area contributed by atoms with Gasteiger partial charge in [0.05, 0.1) is 6.61 Å². The van der Waals surface area contributed by atoms with Crippen molar-refractivity contribution in [1.29, 1.82) is 0 Å². The van der Waals surface area contributed by atoms with E-state index in [1.807, 2.05) is 0 Å². The molecule has 0 aliphatic heterocycles. The van der Waals surface area contributed by atoms with E-state index in [1.54, 1.807) is 6.92 Å². The molecule has 6 nitrogen and oxygen atoms in total. The minimum absolute atomic E-state index is 0.148. The molecular weight excluding hydrogens is 198 g/mol. The van der Waals surface area contributed by atoms with Crippen LogP contribution in [0.5, 0.6) is 0 Å². The Balaban J connectivity index is 2.95. The fourth-order valence-corrected chi connectivity index (χ4v) is 0.954. The number of nitrogens with zero attached hydrogens (tertiary/aromatic N) is 2. The summed E-state index contributed by atoms with van der Waals surface area (Å²) >= 11 is 0. The summed E-state index contributed by atoms with van der Waals surface area (Å²) in [5.74, 6) is -0.697. The van der Waals surface area contributed by atoms with Crippen LogP contribution in [0.1, 0.15) is 24.2 Å². The predicted molar refractivity (Wildman–Crippen MR) is 52.3 cm³/mol. The number of rotatable bonds is 3. The Morgan fingerprint density at radius 2 is 2.27 bits per heavy atom. The number of hydrogen-bond acceptors (Lipinski definition) is 5. The van der Waals surface area contributed by atoms with Gasteiger partial charge in [0.2, 0.25) is 5.91 Å². The quantitative estimate of drug-likeness (QED) is 0.737. The average Bonchev–Trinajstić information content (AvgIpc) is 2.18. The molecule has 0 saturated carbocycles. The van der Waals surface area contributed by atoms with Crippen LogP contribution < -0.4 is 5.32 Å². The maximum atomic E-state index is 11.4. The van der Waals surface area contributed by atoms with Gasteiger partial charge in [0.1, 0.15) is 11.9 Å². The molecule has 0 saturated heterocycles. The van der Waals surface area contributed by atoms with E-state index in [9.17, 15) is 9.59 Å². The van der Waals surface area contributed by atoms with Crippen LogP contribution in [0.2, 0.25) is 0 Å². The van der Waals surface area contributed by atoms with Crippen molar-refractivity contribution in [1.82, 2.24) is 9.97 Å². The number of esters is 1. The monoisotopic (exact) mass is 209 g/mol. The van der Waals surface area contributed by atoms with Crippen molar-refractivity contribution in [2.75, 3.05) is 11.9 Å². The Hall–Kier alpha value is -1.98. The lowest BCUT2D eigenvalue weighted by Crippen LogP contribution is -2.14. The molecule has 0 spiro atoms. The van der Waals surface area contributed by atoms with Crippen molar-refractivity contribution < 1.29 is 14.3 Å². The maximum Gasteiger partial charge on any atom is 0.343 e. The van der Waals surface area contributed by atoms with E-state index in [0.29, 0.717) is 0 Å². The van der Waals surface area contributed by atoms with Gasteiger partial charge in [-0.15, -0.1) is 0 Å². The molecule has 80 valence electrons. The molecule has 0 aromatic carbocycles. The van der Waals surface area contributed by atoms with Gasteiger partial charge in [0.15, 0.2) is 5.82 Å². The number of carbonyl (C=O) groups excluding carboxylic acids is 2. The van der Waals surface area contributed by atoms with Crippen LogP contribution in [-0.4, -0.2) is 28.5 Å². The summed E-state index contributed by atoms with van der Waals surface area (Å²) in [6.07, 6.45) is 2.55. The van der Waals surface area contributed by atoms with Gasteiger partial charge in [0.25, 0.3) is 0 Å². The number of anilines is 1. The van der Waals surface area contributed by atoms with Crippen molar-refractivity contribution in [3.8, 4) is 0 Å². The van der Waals surface area contributed by atoms with Gasteiger partial charge in [0, 0.05) is 13.1 Å². The fraction of sp³-hybridized carbons (Fsp3) is 0.333. The van der Waals surface area contributed by atoms with E-state index in [2.05, 4.69) is 15.3 Å². The number of amides is 1. The molecular formula is C9H11N3O3. The number of ether oxygens (including phenoxy) is 1. The molecule has 0 aliphatic carbocycles. The van der Waals surface area contributed by atoms with E-state index in [1.165, 1.54) is 19.4 Å². The second-order valence-corrected chi connectivity index (χ2v) is 2.69. The third-order valence-corrected chi connectivity index (χ3v) is 1.50. The van der Waals surface area contributed by atoms with Crippen molar-refractivity contribution >= 4 is 17.7 Å². The maximum absolute atomic E-state index is 11.4. The second kappa shape index (κ2) is 5.04. The zero-order chi connectivity index (χ0) is 11.3. The minimum atomic E-state index is -0.554. The minimum Gasteiger partial charge on any atom is -0.462 e. The molecule has 0 fully saturated rings. The van der Waals surface area contributed by atoms with Gasteiger partial charge < -0.3 is 10.1 Å². The molecule has 1 heterocycles. The highest BCUT2D eigenvalue weighted by molar-refractivity contribution is 5.99. The number of carbonyl (C=O) groups is 2. The lowest BCUT2D eigenvalue weighted by Gasteiger charge is -2.06. The van der Waals surface area contributed by atoms with Crippen molar-refractivity contribution in [2.24, 2.45) is 0 Å². The summed E-state index contributed by atoms with van der Waals surface area (Å²) in [6, 6.07) is 0. The van der Waals surface area contributed by atoms with Gasteiger partial charge >= 0.3 is 5.97 Å². The summed E-state index contributed by atoms with van der Waals surface area (Å²) in [5.41, 5.74) is 0.148. The molecule has 6 heteroatoms. The van der Waals surface area contributed by atoms with Gasteiger partial charge in [-0.2, -0.15) is 0 Å². The molecule has 1 amide bonds. The zero-order valence-corrected chi connectivity index (χ0v) is 8.48. The Morgan fingerprint density at radius 1 is 1.53 bits per heavy atom. The first kappa shape index (κ1) is 11.1. The first-order valence-corrected chi connectivity index (χ1v) is 4.40. The highest BCUT2D eigenvalue weighted by atomic mass is 16.5. The summed E-state index contributed by atoms with van der Waals surface area (Å²) < 4.78 is 4.78. The van der Waals surface area contributed by atoms with Crippen LogP contribution in [0, 0.1) is 0 Å². The number of aromatic nitrogens is 2. The highest BCUT2D eigenvalue weighted by Gasteiger charge is 2.14. The van der Waals surface area contributed by atoms with E-state index in [-0.39, 0.29) is 23.9 Å². The molecule has 0 radical (unpaired) electrons. The average molecular weight is 209 g/mol. The van der Waals surface area contributed by atoms with E-state index < -0.39 is 5.97 Å². The summed E-state index contributed by atoms with van der Waals surface area (Å²) in [7, 11) is 0. The van der Waals surface area contributed by atoms with Crippen molar-refractivity contribution in [3.05, 3.63) is 18.1 Å². The predicted octanol–water partition coefficient (Wildman–Crippen LogP) is 0.612. The molecule has 1 rings (SSSR count). The Kier molecular flexibility index (Phi) is 3.73. The summed E-state index contributed by atoms with van der Waals surface area (Å²) in [4.78, 5) is 29.7. The van der Waals surface area contributed by atoms with Gasteiger partial charge in [-0.1, -0.05) is 0 Å². The van der Waals surface area contributed by atoms with Crippen molar-refractivity contribution in [3.63, 3.8) is 0 Å². The zero-order valence-electron chi connectivity index (χ0n) is 8.48. The first-order chi connectivity index (χ1) is 7.15. The largest absolute Gasteiger partial charge is 0.462 e. The Labute approximate surface area is 86.7 Å². The topological polar surface area (TPSA) is 81.2 Å². The molecule has 1 aromatic heterocycles. The molecule has 0 aliphatic rings. The third kappa shape index (κ3) is 3.01. The molecule has 0 bridgehead atoms. The first-order valence-electron chi connectivity index (χ1n) is 4.40. The van der Waals surface area contributed by atoms with E-state index >= 15 is 0 Å². The van der Waals surface area contributed by atoms with Gasteiger partial charge in [-0.3, -0.25) is 4.79 Å². The molecule has 1 N–H and O–H groups in total. The van der Waals surface area contributed by atoms with Crippen LogP contribution in [0.15, 0.2) is 12.5 Å². The van der Waals surface area contributed by atoms with Crippen LogP contribution in [-0.2, 0) is 9.53 Å². The van der Waals surface area contributed by atoms with E-state index in [0.717, 1.165) is 0 Å². The summed E-state index contributed by atoms with van der Waals surface area (Å²) in [5, 5.41) is 2.42. The molecule has 15 heavy (non-hydrogen) atoms. The number of hydrogen-bond donors (Lipinski definition) is 1. The second-order valence-electron chi connectivity index (χ2n) is 2.69. The lowest BCUT2D eigenvalue weighted by molar-refractivity contribution is -0.114. The Morgan fingerprint density at radius 3 is 2.87 bits per heavy atom. The van der Waals surface area contributed by atoms with Crippen LogP contribution in [0.25, 0.3) is 0 Å². The third-order valence-electron chi connectivity index (χ3n) is 1.50. The van der Waals surface area contributed by atoms with Gasteiger partial charge in [-0.05, 0) is 6.92 Å². The summed E-state index contributed by atoms with van der Waals surface area (Å²) in [6.45, 7) is 3.28. The fourth-order valence-electron chi connectivity index (χ4n) is 0.954. The van der Waals surface area contributed by atoms with Crippen LogP contribution in [0.3, 0.4) is 0 Å². The standard InChI is InChI=1S/C9H11N3O3/c1-3-15-9(14)7-4-10-5-11-8(7)12-6(2)13/h4-5H,3H2,1-2H3,(H,10,11,12,13). The van der Waals surface area contributed by atoms with Crippen LogP contribution in [0.4, 0.5) is 5.82 Å². The number of nitrogens with one attached hydrogen (secondary N) is 1. The normalized spacial score (nSPS) is 9.47. The van der Waals surface area contributed by atoms with Crippen LogP contribution >= 0.6 is 0 Å². The molecule has 0 atom stereocenters. The Bertz CT molecular complexity index is 379. The SMILES string of the molecule is CCOC(=O)c1cncnc1NC(C)=O. The lowest BCUT2D eigenvalue weighted by atomic mass is 10.3. The molecule has 1 aromatic rings. The van der Waals surface area contributed by atoms with Gasteiger partial charge in [-0.25, -0.2) is 14.8 Å². The van der Waals surface area contributed by atoms with E-state index in [4.69, 9.17) is 4.74 Å². The van der Waals surface area contributed by atoms with Crippen molar-refractivity contribution in [2.45, 2.75) is 13.8 Å². The highest BCUT2D eigenvalue weighted by Crippen LogP contribution is 2.11.